The van der Waals surface area contributed by atoms with E-state index in [1.165, 1.54) is 6.92 Å². The van der Waals surface area contributed by atoms with Crippen LogP contribution in [0.2, 0.25) is 0 Å². The quantitative estimate of drug-likeness (QED) is 0.00516. The van der Waals surface area contributed by atoms with Crippen LogP contribution in [0.25, 0.3) is 109 Å². The van der Waals surface area contributed by atoms with E-state index in [4.69, 9.17) is 55.1 Å². The van der Waals surface area contributed by atoms with E-state index >= 15 is 19.2 Å². The highest BCUT2D eigenvalue weighted by Crippen LogP contribution is 3.03. The zero-order chi connectivity index (χ0) is 80.5. The molecule has 10 aliphatic rings. The average Bonchev–Trinajstić information content (AvgIpc) is 1.36. The molecule has 32 heteroatoms. The Kier molecular flexibility index (Phi) is 16.0. The molecule has 11 atom stereocenters. The van der Waals surface area contributed by atoms with Gasteiger partial charge in [-0.2, -0.15) is 0 Å². The maximum Gasteiger partial charge on any atom is 0.325 e. The number of benzene rings is 8. The molecule has 602 valence electrons. The van der Waals surface area contributed by atoms with Gasteiger partial charge in [0.05, 0.1) is 111 Å². The first-order valence-electron chi connectivity index (χ1n) is 39.0. The van der Waals surface area contributed by atoms with Gasteiger partial charge < -0.3 is 92.6 Å². The Morgan fingerprint density at radius 3 is 1.42 bits per heavy atom. The molecule has 3 fully saturated rings. The average molecular weight is 1640 g/mol. The summed E-state index contributed by atoms with van der Waals surface area (Å²) >= 11 is 0. The van der Waals surface area contributed by atoms with Crippen LogP contribution in [0.1, 0.15) is 88.1 Å². The van der Waals surface area contributed by atoms with Gasteiger partial charge in [-0.25, -0.2) is 0 Å². The molecule has 0 heterocycles. The third kappa shape index (κ3) is 9.59. The Morgan fingerprint density at radius 1 is 0.456 bits per heavy atom. The summed E-state index contributed by atoms with van der Waals surface area (Å²) in [5.74, 6) is -5.79. The molecule has 10 aliphatic carbocycles. The maximum atomic E-state index is 17.0. The zero-order valence-corrected chi connectivity index (χ0v) is 69.4. The molecule has 20 rings (SSSR count). The number of likely N-dealkylation sites (N-methyl/N-ethyl adjacent to an activating group) is 4. The fraction of sp³-hybridized carbons (Fsp3) is 0.512. The van der Waals surface area contributed by atoms with Gasteiger partial charge in [-0.15, -0.1) is 0 Å². The van der Waals surface area contributed by atoms with Crippen molar-refractivity contribution in [1.82, 2.24) is 0 Å². The molecule has 0 bridgehead atoms. The molecule has 28 nitrogen and oxygen atoms in total. The lowest BCUT2D eigenvalue weighted by Crippen LogP contribution is -2.62. The van der Waals surface area contributed by atoms with Gasteiger partial charge in [0.25, 0.3) is 31.3 Å². The first kappa shape index (κ1) is 76.2. The third-order valence-electron chi connectivity index (χ3n) is 27.6. The first-order valence-corrected chi connectivity index (χ1v) is 44.9. The largest absolute Gasteiger partial charge is 0.756 e. The molecule has 0 amide bonds. The third-order valence-corrected chi connectivity index (χ3v) is 31.6. The number of hydrogen-bond acceptors (Lipinski definition) is 24. The lowest BCUT2D eigenvalue weighted by atomic mass is 9.38. The number of rotatable bonds is 37. The SMILES string of the molecule is CC(C(=O)OCCOP(=O)([O-])OCC[N+](C)(C)C)(C(=O)OCCOP(=O)([O-])OCC[N+](C)(C)C)C12CCc3cc4cc5c6c7c8c9c%10c%11c%12c(cc%13ccc1c1c%14c%15c%16c(c3C%152)c4c6c8c%16c%10c%14c%12c%131)C=C1CC2CC7(C=C5)C23C(C(=O)OCCOP(=O)([O-])OCC[N+](C)(C)C)(C(=O)OCCOP(=O)([O-])OCC[N+](C)(C)C)C93C1%11. The summed E-state index contributed by atoms with van der Waals surface area (Å²) in [4.78, 5) is 120. The first-order chi connectivity index (χ1) is 53.5. The standard InChI is InChI=1S/C82H90N4O24P4/c1-77(73(87)99-28-32-107-111(91,92)103-24-20-83(2,3)4,74(88)100-29-33-108-112(93,94)104-25-21-84(5,6)7)79-19-17-44-38-45-37-43-16-18-78-41-48-40-47-39-46-36-42-14-15-49(79)55-50(42)56-52(46)65-67-63-60(56)59(55)66-62-58(54(44)71(66)79)51(45)57-53(43)70(78)68(64(57)61(62)63)72(67)80(69(47)65)81(82(48,78)80,75(89)101-30-34-109-113(95,96)105-26-22-85(8,9)10)76(90)102-31-35-110-114(97,98)106-27-23-86(11,12)13/h14-16,18,36-39,48,69,71H,17,19-35,40-41H2,1-13H3. The number of phosphoric acid groups is 4. The molecular formula is C82H90N4O24P4. The number of fused-ring (bicyclic) bond motifs is 1. The smallest absolute Gasteiger partial charge is 0.325 e. The van der Waals surface area contributed by atoms with Crippen molar-refractivity contribution in [2.75, 3.05) is 190 Å². The molecule has 11 unspecified atom stereocenters. The summed E-state index contributed by atoms with van der Waals surface area (Å²) in [7, 11) is 2.76. The predicted molar refractivity (Wildman–Crippen MR) is 414 cm³/mol. The Labute approximate surface area is 656 Å². The van der Waals surface area contributed by atoms with Crippen molar-refractivity contribution in [3.8, 4) is 0 Å². The highest BCUT2D eigenvalue weighted by Gasteiger charge is 3.08. The number of hydrogen-bond donors (Lipinski definition) is 0. The lowest BCUT2D eigenvalue weighted by Gasteiger charge is -2.64. The van der Waals surface area contributed by atoms with Gasteiger partial charge in [0, 0.05) is 33.5 Å². The van der Waals surface area contributed by atoms with E-state index in [0.29, 0.717) is 68.9 Å². The number of carbonyl (C=O) groups is 4. The van der Waals surface area contributed by atoms with Crippen LogP contribution in [-0.2, 0) is 115 Å². The van der Waals surface area contributed by atoms with Gasteiger partial charge in [-0.1, -0.05) is 42.0 Å². The molecule has 3 spiro atoms. The molecule has 3 saturated carbocycles. The van der Waals surface area contributed by atoms with E-state index in [9.17, 15) is 37.8 Å². The summed E-state index contributed by atoms with van der Waals surface area (Å²) in [5.41, 5.74) is -0.827. The van der Waals surface area contributed by atoms with E-state index in [-0.39, 0.29) is 38.8 Å². The van der Waals surface area contributed by atoms with E-state index in [0.717, 1.165) is 147 Å². The number of esters is 4. The van der Waals surface area contributed by atoms with E-state index in [1.54, 1.807) is 0 Å². The van der Waals surface area contributed by atoms with Gasteiger partial charge in [-0.05, 0) is 198 Å². The van der Waals surface area contributed by atoms with Crippen molar-refractivity contribution in [3.05, 3.63) is 92.1 Å². The Balaban J connectivity index is 0.793. The Bertz CT molecular complexity index is 6130. The van der Waals surface area contributed by atoms with Crippen LogP contribution in [0.5, 0.6) is 0 Å². The predicted octanol–water partition coefficient (Wildman–Crippen LogP) is 8.33. The Morgan fingerprint density at radius 2 is 0.895 bits per heavy atom. The fourth-order valence-electron chi connectivity index (χ4n) is 24.1. The van der Waals surface area contributed by atoms with Crippen LogP contribution in [-0.4, -0.2) is 232 Å². The van der Waals surface area contributed by atoms with Gasteiger partial charge in [0.1, 0.15) is 79.0 Å². The minimum Gasteiger partial charge on any atom is -0.756 e. The molecule has 0 saturated heterocycles. The van der Waals surface area contributed by atoms with E-state index in [1.807, 2.05) is 96.7 Å². The minimum atomic E-state index is -4.96. The van der Waals surface area contributed by atoms with Crippen molar-refractivity contribution >= 4 is 164 Å². The Hall–Kier alpha value is -6.52. The number of ether oxygens (including phenoxy) is 4. The van der Waals surface area contributed by atoms with Gasteiger partial charge in [0.15, 0.2) is 10.8 Å². The summed E-state index contributed by atoms with van der Waals surface area (Å²) in [6.07, 6.45) is 8.09. The molecule has 10 aromatic carbocycles. The van der Waals surface area contributed by atoms with E-state index < -0.39 is 152 Å². The number of carbonyl (C=O) groups excluding carboxylic acids is 4. The topological polar surface area (TPSA) is 340 Å². The second kappa shape index (κ2) is 23.9. The second-order valence-corrected chi connectivity index (χ2v) is 43.2. The van der Waals surface area contributed by atoms with Crippen LogP contribution in [0.4, 0.5) is 0 Å². The summed E-state index contributed by atoms with van der Waals surface area (Å²) in [6, 6.07) is 10.7. The number of phosphoric ester groups is 4. The second-order valence-electron chi connectivity index (χ2n) is 37.5. The van der Waals surface area contributed by atoms with Crippen molar-refractivity contribution < 1.29 is 130 Å². The molecule has 0 N–H and O–H groups in total. The van der Waals surface area contributed by atoms with Crippen molar-refractivity contribution in [1.29, 1.82) is 0 Å². The number of allylic oxidation sites excluding steroid dienone is 2. The summed E-state index contributed by atoms with van der Waals surface area (Å²) in [5, 5.41) is 16.8. The zero-order valence-electron chi connectivity index (χ0n) is 65.9. The fourth-order valence-corrected chi connectivity index (χ4v) is 26.8. The molecular weight excluding hydrogens is 1550 g/mol. The van der Waals surface area contributed by atoms with Crippen LogP contribution >= 0.6 is 31.3 Å². The number of nitrogens with zero attached hydrogens (tertiary/aromatic N) is 4. The van der Waals surface area contributed by atoms with Crippen LogP contribution in [0, 0.1) is 22.2 Å². The number of quaternary nitrogens is 4. The highest BCUT2D eigenvalue weighted by molar-refractivity contribution is 7.46. The van der Waals surface area contributed by atoms with Gasteiger partial charge in [0.2, 0.25) is 0 Å². The van der Waals surface area contributed by atoms with Crippen molar-refractivity contribution in [2.24, 2.45) is 22.2 Å². The normalized spacial score (nSPS) is 27.4. The summed E-state index contributed by atoms with van der Waals surface area (Å²) in [6.45, 7) is -2.97. The van der Waals surface area contributed by atoms with Crippen molar-refractivity contribution in [3.63, 3.8) is 0 Å². The van der Waals surface area contributed by atoms with Gasteiger partial charge >= 0.3 is 23.9 Å². The maximum absolute atomic E-state index is 17.0. The molecule has 114 heavy (non-hydrogen) atoms. The molecule has 10 aromatic rings. The van der Waals surface area contributed by atoms with Crippen molar-refractivity contribution in [2.45, 2.75) is 60.7 Å². The molecule has 0 aliphatic heterocycles. The monoisotopic (exact) mass is 1640 g/mol. The van der Waals surface area contributed by atoms with E-state index in [2.05, 4.69) is 36.4 Å². The highest BCUT2D eigenvalue weighted by atomic mass is 31.2. The van der Waals surface area contributed by atoms with Crippen LogP contribution < -0.4 is 19.6 Å². The van der Waals surface area contributed by atoms with Gasteiger partial charge in [-0.3, -0.25) is 37.4 Å². The molecule has 0 aromatic heterocycles. The van der Waals surface area contributed by atoms with Crippen LogP contribution in [0.15, 0.2) is 42.0 Å². The summed E-state index contributed by atoms with van der Waals surface area (Å²) < 4.78 is 123. The minimum absolute atomic E-state index is 0.173. The number of aryl methyl sites for hydroxylation is 1. The van der Waals surface area contributed by atoms with Crippen LogP contribution in [0.3, 0.4) is 0 Å². The lowest BCUT2D eigenvalue weighted by molar-refractivity contribution is -0.870. The molecule has 0 radical (unpaired) electrons.